The number of amides is 1. The zero-order valence-corrected chi connectivity index (χ0v) is 16.2. The third-order valence-electron chi connectivity index (χ3n) is 3.59. The van der Waals surface area contributed by atoms with Crippen molar-refractivity contribution in [3.8, 4) is 17.6 Å². The largest absolute Gasteiger partial charge is 0.427 e. The van der Waals surface area contributed by atoms with Crippen molar-refractivity contribution in [2.24, 2.45) is 0 Å². The maximum absolute atomic E-state index is 12.4. The van der Waals surface area contributed by atoms with Crippen LogP contribution in [0.3, 0.4) is 0 Å². The van der Waals surface area contributed by atoms with Crippen molar-refractivity contribution in [2.75, 3.05) is 0 Å². The van der Waals surface area contributed by atoms with Crippen LogP contribution in [0.4, 0.5) is 0 Å². The summed E-state index contributed by atoms with van der Waals surface area (Å²) in [4.78, 5) is 32.4. The molecule has 0 spiro atoms. The second kappa shape index (κ2) is 8.93. The predicted octanol–water partition coefficient (Wildman–Crippen LogP) is 3.10. The summed E-state index contributed by atoms with van der Waals surface area (Å²) in [6.45, 7) is 3.49. The first-order valence-electron chi connectivity index (χ1n) is 8.47. The van der Waals surface area contributed by atoms with Crippen LogP contribution in [0.25, 0.3) is 0 Å². The monoisotopic (exact) mass is 391 g/mol. The Morgan fingerprint density at radius 1 is 1.14 bits per heavy atom. The van der Waals surface area contributed by atoms with E-state index >= 15 is 0 Å². The average Bonchev–Trinajstić information content (AvgIpc) is 3.07. The van der Waals surface area contributed by atoms with Crippen molar-refractivity contribution >= 4 is 23.2 Å². The van der Waals surface area contributed by atoms with Gasteiger partial charge in [-0.25, -0.2) is 4.98 Å². The van der Waals surface area contributed by atoms with Gasteiger partial charge in [-0.1, -0.05) is 12.0 Å². The van der Waals surface area contributed by atoms with Gasteiger partial charge in [-0.2, -0.15) is 0 Å². The summed E-state index contributed by atoms with van der Waals surface area (Å²) in [7, 11) is 0. The van der Waals surface area contributed by atoms with Crippen LogP contribution in [0.2, 0.25) is 0 Å². The Kier molecular flexibility index (Phi) is 6.14. The van der Waals surface area contributed by atoms with E-state index in [0.29, 0.717) is 27.9 Å². The van der Waals surface area contributed by atoms with Crippen LogP contribution in [0.5, 0.6) is 5.75 Å². The lowest BCUT2D eigenvalue weighted by Crippen LogP contribution is -2.23. The van der Waals surface area contributed by atoms with Gasteiger partial charge in [-0.05, 0) is 49.2 Å². The summed E-state index contributed by atoms with van der Waals surface area (Å²) < 4.78 is 4.99. The van der Waals surface area contributed by atoms with Crippen molar-refractivity contribution in [2.45, 2.75) is 20.4 Å². The molecular formula is C21H17N3O3S. The summed E-state index contributed by atoms with van der Waals surface area (Å²) in [6.07, 6.45) is 1.69. The van der Waals surface area contributed by atoms with E-state index in [1.807, 2.05) is 18.2 Å². The number of carbonyl (C=O) groups excluding carboxylic acids is 2. The van der Waals surface area contributed by atoms with Gasteiger partial charge in [-0.3, -0.25) is 14.6 Å². The van der Waals surface area contributed by atoms with Crippen LogP contribution in [-0.4, -0.2) is 21.8 Å². The second-order valence-corrected chi connectivity index (χ2v) is 6.80. The van der Waals surface area contributed by atoms with Crippen LogP contribution in [-0.2, 0) is 11.3 Å². The van der Waals surface area contributed by atoms with E-state index in [1.165, 1.54) is 18.3 Å². The first kappa shape index (κ1) is 19.3. The number of pyridine rings is 1. The van der Waals surface area contributed by atoms with Crippen LogP contribution in [0.15, 0.2) is 48.7 Å². The minimum absolute atomic E-state index is 0.195. The SMILES string of the molecule is CC(=O)Oc1ccc(C#Cc2nc(C)c(C(=O)NCc3ccccn3)s2)cc1. The van der Waals surface area contributed by atoms with E-state index < -0.39 is 0 Å². The molecule has 0 aliphatic rings. The Hall–Kier alpha value is -3.50. The van der Waals surface area contributed by atoms with Crippen molar-refractivity contribution in [3.63, 3.8) is 0 Å². The maximum Gasteiger partial charge on any atom is 0.308 e. The van der Waals surface area contributed by atoms with E-state index in [0.717, 1.165) is 11.3 Å². The molecule has 0 fully saturated rings. The van der Waals surface area contributed by atoms with E-state index in [-0.39, 0.29) is 11.9 Å². The van der Waals surface area contributed by atoms with Crippen LogP contribution < -0.4 is 10.1 Å². The number of esters is 1. The normalized spacial score (nSPS) is 9.93. The van der Waals surface area contributed by atoms with Gasteiger partial charge in [0.15, 0.2) is 5.01 Å². The number of carbonyl (C=O) groups is 2. The van der Waals surface area contributed by atoms with Crippen molar-refractivity contribution < 1.29 is 14.3 Å². The molecule has 2 aromatic heterocycles. The van der Waals surface area contributed by atoms with Gasteiger partial charge < -0.3 is 10.1 Å². The number of hydrogen-bond donors (Lipinski definition) is 1. The minimum atomic E-state index is -0.369. The lowest BCUT2D eigenvalue weighted by molar-refractivity contribution is -0.131. The third-order valence-corrected chi connectivity index (χ3v) is 4.66. The molecule has 2 heterocycles. The molecule has 3 aromatic rings. The number of nitrogens with one attached hydrogen (secondary N) is 1. The highest BCUT2D eigenvalue weighted by molar-refractivity contribution is 7.14. The standard InChI is InChI=1S/C21H17N3O3S/c1-14-20(21(26)23-13-17-5-3-4-12-22-17)28-19(24-14)11-8-16-6-9-18(10-7-16)27-15(2)25/h3-7,9-10,12H,13H2,1-2H3,(H,23,26). The highest BCUT2D eigenvalue weighted by atomic mass is 32.1. The minimum Gasteiger partial charge on any atom is -0.427 e. The maximum atomic E-state index is 12.4. The fraction of sp³-hybridized carbons (Fsp3) is 0.143. The molecular weight excluding hydrogens is 374 g/mol. The Bertz CT molecular complexity index is 1050. The molecule has 0 atom stereocenters. The van der Waals surface area contributed by atoms with Gasteiger partial charge in [-0.15, -0.1) is 11.3 Å². The summed E-state index contributed by atoms with van der Waals surface area (Å²) in [5, 5.41) is 3.40. The van der Waals surface area contributed by atoms with Crippen LogP contribution >= 0.6 is 11.3 Å². The first-order valence-corrected chi connectivity index (χ1v) is 9.29. The van der Waals surface area contributed by atoms with Gasteiger partial charge in [0.25, 0.3) is 5.91 Å². The predicted molar refractivity (Wildman–Crippen MR) is 106 cm³/mol. The number of aromatic nitrogens is 2. The molecule has 1 N–H and O–H groups in total. The van der Waals surface area contributed by atoms with Crippen LogP contribution in [0.1, 0.15) is 38.6 Å². The number of hydrogen-bond acceptors (Lipinski definition) is 6. The van der Waals surface area contributed by atoms with Crippen molar-refractivity contribution in [3.05, 3.63) is 75.5 Å². The Balaban J connectivity index is 1.66. The van der Waals surface area contributed by atoms with Gasteiger partial charge >= 0.3 is 5.97 Å². The van der Waals surface area contributed by atoms with E-state index in [9.17, 15) is 9.59 Å². The summed E-state index contributed by atoms with van der Waals surface area (Å²) in [5.74, 6) is 5.87. The number of benzene rings is 1. The van der Waals surface area contributed by atoms with Crippen LogP contribution in [0, 0.1) is 18.8 Å². The molecule has 0 bridgehead atoms. The van der Waals surface area contributed by atoms with Gasteiger partial charge in [0.2, 0.25) is 0 Å². The third kappa shape index (κ3) is 5.25. The average molecular weight is 391 g/mol. The molecule has 6 nitrogen and oxygen atoms in total. The molecule has 3 rings (SSSR count). The molecule has 28 heavy (non-hydrogen) atoms. The molecule has 0 radical (unpaired) electrons. The quantitative estimate of drug-likeness (QED) is 0.420. The highest BCUT2D eigenvalue weighted by Crippen LogP contribution is 2.18. The topological polar surface area (TPSA) is 81.2 Å². The smallest absolute Gasteiger partial charge is 0.308 e. The lowest BCUT2D eigenvalue weighted by atomic mass is 10.2. The molecule has 0 saturated heterocycles. The number of thiazole rings is 1. The van der Waals surface area contributed by atoms with Crippen molar-refractivity contribution in [1.29, 1.82) is 0 Å². The number of rotatable bonds is 4. The Morgan fingerprint density at radius 3 is 2.61 bits per heavy atom. The fourth-order valence-electron chi connectivity index (χ4n) is 2.31. The van der Waals surface area contributed by atoms with Gasteiger partial charge in [0, 0.05) is 18.7 Å². The molecule has 1 aromatic carbocycles. The Labute approximate surface area is 166 Å². The molecule has 0 aliphatic carbocycles. The van der Waals surface area contributed by atoms with E-state index in [4.69, 9.17) is 4.74 Å². The summed E-state index contributed by atoms with van der Waals surface area (Å²) in [5.41, 5.74) is 2.18. The fourth-order valence-corrected chi connectivity index (χ4v) is 3.15. The van der Waals surface area contributed by atoms with Gasteiger partial charge in [0.05, 0.1) is 17.9 Å². The van der Waals surface area contributed by atoms with Gasteiger partial charge in [0.1, 0.15) is 10.6 Å². The zero-order chi connectivity index (χ0) is 19.9. The van der Waals surface area contributed by atoms with E-state index in [1.54, 1.807) is 37.4 Å². The first-order chi connectivity index (χ1) is 13.5. The van der Waals surface area contributed by atoms with E-state index in [2.05, 4.69) is 27.1 Å². The molecule has 0 aliphatic heterocycles. The lowest BCUT2D eigenvalue weighted by Gasteiger charge is -2.02. The Morgan fingerprint density at radius 2 is 1.93 bits per heavy atom. The number of ether oxygens (including phenoxy) is 1. The molecule has 0 saturated carbocycles. The molecule has 1 amide bonds. The molecule has 140 valence electrons. The number of aryl methyl sites for hydroxylation is 1. The number of nitrogens with zero attached hydrogens (tertiary/aromatic N) is 2. The zero-order valence-electron chi connectivity index (χ0n) is 15.4. The molecule has 0 unspecified atom stereocenters. The van der Waals surface area contributed by atoms with Crippen molar-refractivity contribution in [1.82, 2.24) is 15.3 Å². The summed E-state index contributed by atoms with van der Waals surface area (Å²) in [6, 6.07) is 12.4. The highest BCUT2D eigenvalue weighted by Gasteiger charge is 2.14. The second-order valence-electron chi connectivity index (χ2n) is 5.81. The molecule has 7 heteroatoms. The summed E-state index contributed by atoms with van der Waals surface area (Å²) >= 11 is 1.25.